The smallest absolute Gasteiger partial charge is 0.358 e. The van der Waals surface area contributed by atoms with Crippen LogP contribution in [0.1, 0.15) is 16.9 Å². The lowest BCUT2D eigenvalue weighted by atomic mass is 10.0. The van der Waals surface area contributed by atoms with Crippen LogP contribution >= 0.6 is 0 Å². The van der Waals surface area contributed by atoms with E-state index in [0.29, 0.717) is 25.3 Å². The third-order valence-electron chi connectivity index (χ3n) is 2.82. The number of aliphatic hydroxyl groups excluding tert-OH is 1. The number of β-amino-alcohol motifs (C(OH)–C–C–N with tert-alkyl or cyclic N) is 1. The van der Waals surface area contributed by atoms with Crippen molar-refractivity contribution in [3.05, 3.63) is 18.1 Å². The van der Waals surface area contributed by atoms with Gasteiger partial charge in [-0.3, -0.25) is 0 Å². The largest absolute Gasteiger partial charge is 0.464 e. The molecule has 7 nitrogen and oxygen atoms in total. The summed E-state index contributed by atoms with van der Waals surface area (Å²) in [6, 6.07) is -0.0872. The fourth-order valence-corrected chi connectivity index (χ4v) is 1.99. The Bertz CT molecular complexity index is 413. The Morgan fingerprint density at radius 3 is 2.83 bits per heavy atom. The molecular weight excluding hydrogens is 236 g/mol. The lowest BCUT2D eigenvalue weighted by Crippen LogP contribution is -2.49. The molecule has 0 unspecified atom stereocenters. The van der Waals surface area contributed by atoms with Crippen LogP contribution in [0.3, 0.4) is 0 Å². The summed E-state index contributed by atoms with van der Waals surface area (Å²) in [5.74, 6) is 0.0706. The average molecular weight is 252 g/mol. The third-order valence-corrected chi connectivity index (χ3v) is 2.82. The molecule has 0 spiro atoms. The average Bonchev–Trinajstić information content (AvgIpc) is 2.37. The van der Waals surface area contributed by atoms with Gasteiger partial charge in [-0.05, 0) is 6.42 Å². The summed E-state index contributed by atoms with van der Waals surface area (Å²) in [5, 5.41) is 9.65. The number of anilines is 1. The zero-order valence-corrected chi connectivity index (χ0v) is 10.1. The van der Waals surface area contributed by atoms with Crippen LogP contribution in [0.2, 0.25) is 0 Å². The van der Waals surface area contributed by atoms with Gasteiger partial charge in [0.25, 0.3) is 0 Å². The van der Waals surface area contributed by atoms with E-state index >= 15 is 0 Å². The van der Waals surface area contributed by atoms with E-state index < -0.39 is 12.1 Å². The van der Waals surface area contributed by atoms with Crippen molar-refractivity contribution in [1.82, 2.24) is 9.97 Å². The van der Waals surface area contributed by atoms with E-state index in [1.165, 1.54) is 19.5 Å². The maximum atomic E-state index is 11.2. The second-order valence-electron chi connectivity index (χ2n) is 4.31. The zero-order valence-electron chi connectivity index (χ0n) is 10.1. The Hall–Kier alpha value is -1.73. The Balaban J connectivity index is 2.11. The molecule has 0 bridgehead atoms. The van der Waals surface area contributed by atoms with Gasteiger partial charge >= 0.3 is 5.97 Å². The van der Waals surface area contributed by atoms with Crippen LogP contribution < -0.4 is 10.6 Å². The summed E-state index contributed by atoms with van der Waals surface area (Å²) >= 11 is 0. The molecule has 0 aromatic carbocycles. The highest BCUT2D eigenvalue weighted by molar-refractivity contribution is 5.86. The summed E-state index contributed by atoms with van der Waals surface area (Å²) in [6.07, 6.45) is 2.96. The molecule has 3 N–H and O–H groups in total. The molecule has 18 heavy (non-hydrogen) atoms. The van der Waals surface area contributed by atoms with Crippen LogP contribution in [-0.2, 0) is 4.74 Å². The number of hydrogen-bond acceptors (Lipinski definition) is 7. The lowest BCUT2D eigenvalue weighted by Gasteiger charge is -2.34. The summed E-state index contributed by atoms with van der Waals surface area (Å²) in [6.45, 7) is 1.09. The Kier molecular flexibility index (Phi) is 3.73. The molecule has 1 aliphatic rings. The summed E-state index contributed by atoms with van der Waals surface area (Å²) in [5.41, 5.74) is 5.98. The lowest BCUT2D eigenvalue weighted by molar-refractivity contribution is 0.0593. The minimum absolute atomic E-state index is 0.0872. The number of aromatic nitrogens is 2. The topological polar surface area (TPSA) is 102 Å². The van der Waals surface area contributed by atoms with Crippen LogP contribution in [0.25, 0.3) is 0 Å². The van der Waals surface area contributed by atoms with Gasteiger partial charge in [0.05, 0.1) is 25.6 Å². The van der Waals surface area contributed by atoms with Crippen LogP contribution in [0, 0.1) is 0 Å². The summed E-state index contributed by atoms with van der Waals surface area (Å²) in [4.78, 5) is 21.2. The van der Waals surface area contributed by atoms with Gasteiger partial charge in [0.2, 0.25) is 0 Å². The van der Waals surface area contributed by atoms with E-state index in [1.807, 2.05) is 4.90 Å². The van der Waals surface area contributed by atoms with Crippen molar-refractivity contribution < 1.29 is 14.6 Å². The molecule has 98 valence electrons. The van der Waals surface area contributed by atoms with Gasteiger partial charge in [-0.1, -0.05) is 0 Å². The van der Waals surface area contributed by atoms with Crippen molar-refractivity contribution in [3.8, 4) is 0 Å². The van der Waals surface area contributed by atoms with Crippen LogP contribution in [-0.4, -0.2) is 53.4 Å². The van der Waals surface area contributed by atoms with Gasteiger partial charge in [-0.15, -0.1) is 0 Å². The van der Waals surface area contributed by atoms with Crippen LogP contribution in [0.4, 0.5) is 5.82 Å². The second kappa shape index (κ2) is 5.28. The van der Waals surface area contributed by atoms with Crippen molar-refractivity contribution in [1.29, 1.82) is 0 Å². The molecule has 1 saturated heterocycles. The molecule has 0 saturated carbocycles. The van der Waals surface area contributed by atoms with Gasteiger partial charge < -0.3 is 20.5 Å². The number of hydrogen-bond donors (Lipinski definition) is 2. The number of esters is 1. The highest BCUT2D eigenvalue weighted by Crippen LogP contribution is 2.16. The van der Waals surface area contributed by atoms with E-state index in [4.69, 9.17) is 5.73 Å². The van der Waals surface area contributed by atoms with E-state index in [2.05, 4.69) is 14.7 Å². The van der Waals surface area contributed by atoms with Gasteiger partial charge in [0, 0.05) is 19.1 Å². The van der Waals surface area contributed by atoms with Crippen LogP contribution in [0.15, 0.2) is 12.4 Å². The maximum absolute atomic E-state index is 11.2. The minimum Gasteiger partial charge on any atom is -0.464 e. The first-order valence-corrected chi connectivity index (χ1v) is 5.69. The van der Waals surface area contributed by atoms with Gasteiger partial charge in [-0.25, -0.2) is 14.8 Å². The Morgan fingerprint density at radius 2 is 2.28 bits per heavy atom. The number of methoxy groups -OCH3 is 1. The van der Waals surface area contributed by atoms with E-state index in [-0.39, 0.29) is 11.7 Å². The molecule has 0 amide bonds. The third kappa shape index (κ3) is 2.74. The number of ether oxygens (including phenoxy) is 1. The summed E-state index contributed by atoms with van der Waals surface area (Å²) < 4.78 is 4.54. The van der Waals surface area contributed by atoms with E-state index in [0.717, 1.165) is 0 Å². The van der Waals surface area contributed by atoms with Crippen molar-refractivity contribution in [2.24, 2.45) is 5.73 Å². The predicted octanol–water partition coefficient (Wildman–Crippen LogP) is -0.838. The number of piperidine rings is 1. The Morgan fingerprint density at radius 1 is 1.50 bits per heavy atom. The first-order chi connectivity index (χ1) is 8.60. The van der Waals surface area contributed by atoms with Gasteiger partial charge in [0.15, 0.2) is 5.69 Å². The van der Waals surface area contributed by atoms with Crippen molar-refractivity contribution in [2.75, 3.05) is 25.1 Å². The number of carbonyl (C=O) groups excluding carboxylic acids is 1. The quantitative estimate of drug-likeness (QED) is 0.662. The van der Waals surface area contributed by atoms with Crippen molar-refractivity contribution in [3.63, 3.8) is 0 Å². The highest BCUT2D eigenvalue weighted by Gasteiger charge is 2.24. The fourth-order valence-electron chi connectivity index (χ4n) is 1.99. The van der Waals surface area contributed by atoms with Crippen molar-refractivity contribution in [2.45, 2.75) is 18.6 Å². The van der Waals surface area contributed by atoms with E-state index in [9.17, 15) is 9.90 Å². The molecule has 0 radical (unpaired) electrons. The molecule has 2 atom stereocenters. The highest BCUT2D eigenvalue weighted by atomic mass is 16.5. The number of carbonyl (C=O) groups is 1. The Labute approximate surface area is 105 Å². The molecule has 7 heteroatoms. The first kappa shape index (κ1) is 12.7. The number of nitrogens with two attached hydrogens (primary N) is 1. The number of nitrogens with zero attached hydrogens (tertiary/aromatic N) is 3. The maximum Gasteiger partial charge on any atom is 0.358 e. The second-order valence-corrected chi connectivity index (χ2v) is 4.31. The normalized spacial score (nSPS) is 23.8. The molecule has 0 aliphatic carbocycles. The standard InChI is InChI=1S/C11H16N4O3/c1-18-11(17)9-3-14-10(4-13-9)15-5-7(12)2-8(16)6-15/h3-4,7-8,16H,2,5-6,12H2,1H3/t7-,8+/m0/s1. The summed E-state index contributed by atoms with van der Waals surface area (Å²) in [7, 11) is 1.29. The van der Waals surface area contributed by atoms with E-state index in [1.54, 1.807) is 0 Å². The monoisotopic (exact) mass is 252 g/mol. The predicted molar refractivity (Wildman–Crippen MR) is 64.2 cm³/mol. The molecule has 1 aromatic rings. The molecule has 1 aromatic heterocycles. The van der Waals surface area contributed by atoms with Gasteiger partial charge in [-0.2, -0.15) is 0 Å². The minimum atomic E-state index is -0.524. The molecular formula is C11H16N4O3. The van der Waals surface area contributed by atoms with Crippen LogP contribution in [0.5, 0.6) is 0 Å². The van der Waals surface area contributed by atoms with Crippen molar-refractivity contribution >= 4 is 11.8 Å². The first-order valence-electron chi connectivity index (χ1n) is 5.69. The number of aliphatic hydroxyl groups is 1. The fraction of sp³-hybridized carbons (Fsp3) is 0.545. The SMILES string of the molecule is COC(=O)c1cnc(N2C[C@@H](N)C[C@@H](O)C2)cn1. The molecule has 1 aliphatic heterocycles. The molecule has 2 heterocycles. The molecule has 2 rings (SSSR count). The molecule has 1 fully saturated rings. The zero-order chi connectivity index (χ0) is 13.1. The number of rotatable bonds is 2. The van der Waals surface area contributed by atoms with Gasteiger partial charge in [0.1, 0.15) is 5.82 Å².